The van der Waals surface area contributed by atoms with E-state index in [4.69, 9.17) is 0 Å². The molecule has 2 N–H and O–H groups in total. The third-order valence-corrected chi connectivity index (χ3v) is 5.66. The van der Waals surface area contributed by atoms with E-state index in [1.807, 2.05) is 30.3 Å². The zero-order valence-electron chi connectivity index (χ0n) is 16.3. The smallest absolute Gasteiger partial charge is 0.314 e. The molecule has 30 heavy (non-hydrogen) atoms. The molecule has 2 atom stereocenters. The van der Waals surface area contributed by atoms with Crippen molar-refractivity contribution in [1.82, 2.24) is 19.7 Å². The van der Waals surface area contributed by atoms with Gasteiger partial charge in [-0.15, -0.1) is 0 Å². The van der Waals surface area contributed by atoms with Crippen LogP contribution in [0.2, 0.25) is 0 Å². The fourth-order valence-electron chi connectivity index (χ4n) is 4.03. The lowest BCUT2D eigenvalue weighted by Crippen LogP contribution is -2.58. The molecule has 1 fully saturated rings. The number of nitrogens with zero attached hydrogens (tertiary/aromatic N) is 4. The topological polar surface area (TPSA) is 109 Å². The molecule has 2 heterocycles. The van der Waals surface area contributed by atoms with Crippen molar-refractivity contribution in [3.05, 3.63) is 78.4 Å². The van der Waals surface area contributed by atoms with Gasteiger partial charge in [0.1, 0.15) is 18.1 Å². The standard InChI is InChI=1S/C22H22N4O4/c27-19-10-11-25(13-22(19,21(29)30)12-16-6-2-1-3-7-16)20(28)17-8-4-5-9-18(17)26-15-23-14-24-26/h1-9,14-15,19,27H,10-13H2,(H,29,30)/t19-,22-/m1/s1. The normalized spacial score (nSPS) is 21.4. The number of para-hydroxylation sites is 1. The van der Waals surface area contributed by atoms with Gasteiger partial charge >= 0.3 is 5.97 Å². The number of carbonyl (C=O) groups excluding carboxylic acids is 1. The average molecular weight is 406 g/mol. The Morgan fingerprint density at radius 1 is 1.10 bits per heavy atom. The first kappa shape index (κ1) is 19.8. The Bertz CT molecular complexity index is 1040. The van der Waals surface area contributed by atoms with Crippen molar-refractivity contribution in [2.24, 2.45) is 5.41 Å². The highest BCUT2D eigenvalue weighted by Gasteiger charge is 2.50. The van der Waals surface area contributed by atoms with Crippen LogP contribution in [0.4, 0.5) is 0 Å². The predicted octanol–water partition coefficient (Wildman–Crippen LogP) is 1.79. The third kappa shape index (κ3) is 3.57. The number of rotatable bonds is 5. The first-order valence-corrected chi connectivity index (χ1v) is 9.70. The number of carboxylic acid groups (broad SMARTS) is 1. The molecule has 1 saturated heterocycles. The van der Waals surface area contributed by atoms with Crippen LogP contribution in [0, 0.1) is 5.41 Å². The van der Waals surface area contributed by atoms with Crippen LogP contribution in [-0.4, -0.2) is 60.9 Å². The van der Waals surface area contributed by atoms with Crippen molar-refractivity contribution in [3.8, 4) is 5.69 Å². The maximum atomic E-state index is 13.4. The molecule has 4 rings (SSSR count). The van der Waals surface area contributed by atoms with Gasteiger partial charge in [0.25, 0.3) is 5.91 Å². The second kappa shape index (κ2) is 8.08. The molecule has 1 aromatic heterocycles. The van der Waals surface area contributed by atoms with E-state index >= 15 is 0 Å². The van der Waals surface area contributed by atoms with E-state index in [0.717, 1.165) is 5.56 Å². The van der Waals surface area contributed by atoms with E-state index in [1.54, 1.807) is 24.3 Å². The van der Waals surface area contributed by atoms with Crippen molar-refractivity contribution in [2.75, 3.05) is 13.1 Å². The molecule has 3 aromatic rings. The molecule has 0 unspecified atom stereocenters. The van der Waals surface area contributed by atoms with Crippen LogP contribution in [0.15, 0.2) is 67.3 Å². The second-order valence-electron chi connectivity index (χ2n) is 7.51. The second-order valence-corrected chi connectivity index (χ2v) is 7.51. The summed E-state index contributed by atoms with van der Waals surface area (Å²) in [7, 11) is 0. The predicted molar refractivity (Wildman–Crippen MR) is 108 cm³/mol. The fraction of sp³-hybridized carbons (Fsp3) is 0.273. The lowest BCUT2D eigenvalue weighted by molar-refractivity contribution is -0.161. The Morgan fingerprint density at radius 3 is 2.53 bits per heavy atom. The molecular weight excluding hydrogens is 384 g/mol. The van der Waals surface area contributed by atoms with Crippen LogP contribution in [0.25, 0.3) is 5.69 Å². The number of likely N-dealkylation sites (tertiary alicyclic amines) is 1. The van der Waals surface area contributed by atoms with Crippen LogP contribution in [0.5, 0.6) is 0 Å². The number of piperidine rings is 1. The summed E-state index contributed by atoms with van der Waals surface area (Å²) in [6, 6.07) is 16.2. The summed E-state index contributed by atoms with van der Waals surface area (Å²) < 4.78 is 1.50. The molecule has 0 aliphatic carbocycles. The number of carboxylic acids is 1. The molecular formula is C22H22N4O4. The molecule has 8 heteroatoms. The van der Waals surface area contributed by atoms with E-state index in [1.165, 1.54) is 22.2 Å². The molecule has 154 valence electrons. The molecule has 0 radical (unpaired) electrons. The highest BCUT2D eigenvalue weighted by atomic mass is 16.4. The van der Waals surface area contributed by atoms with Gasteiger partial charge in [0.05, 0.1) is 17.4 Å². The Morgan fingerprint density at radius 2 is 1.83 bits per heavy atom. The largest absolute Gasteiger partial charge is 0.481 e. The SMILES string of the molecule is O=C(c1ccccc1-n1cncn1)N1CC[C@@H](O)[C@](Cc2ccccc2)(C(=O)O)C1. The zero-order chi connectivity index (χ0) is 21.1. The molecule has 0 spiro atoms. The summed E-state index contributed by atoms with van der Waals surface area (Å²) in [5.74, 6) is -1.41. The van der Waals surface area contributed by atoms with E-state index in [9.17, 15) is 19.8 Å². The van der Waals surface area contributed by atoms with Crippen LogP contribution >= 0.6 is 0 Å². The van der Waals surface area contributed by atoms with Crippen LogP contribution in [0.3, 0.4) is 0 Å². The van der Waals surface area contributed by atoms with Gasteiger partial charge in [-0.1, -0.05) is 42.5 Å². The van der Waals surface area contributed by atoms with Crippen LogP contribution in [0.1, 0.15) is 22.3 Å². The summed E-state index contributed by atoms with van der Waals surface area (Å²) >= 11 is 0. The minimum atomic E-state index is -1.47. The summed E-state index contributed by atoms with van der Waals surface area (Å²) in [4.78, 5) is 31.1. The first-order chi connectivity index (χ1) is 14.5. The fourth-order valence-corrected chi connectivity index (χ4v) is 4.03. The summed E-state index contributed by atoms with van der Waals surface area (Å²) in [5.41, 5.74) is 0.294. The van der Waals surface area contributed by atoms with Gasteiger partial charge in [-0.2, -0.15) is 5.10 Å². The van der Waals surface area contributed by atoms with Crippen molar-refractivity contribution in [2.45, 2.75) is 18.9 Å². The van der Waals surface area contributed by atoms with E-state index in [0.29, 0.717) is 11.3 Å². The Labute approximate surface area is 173 Å². The Balaban J connectivity index is 1.66. The van der Waals surface area contributed by atoms with E-state index in [-0.39, 0.29) is 31.8 Å². The van der Waals surface area contributed by atoms with Crippen molar-refractivity contribution < 1.29 is 19.8 Å². The number of aliphatic hydroxyl groups excluding tert-OH is 1. The molecule has 1 aliphatic rings. The van der Waals surface area contributed by atoms with Gasteiger partial charge in [-0.05, 0) is 30.5 Å². The minimum Gasteiger partial charge on any atom is -0.481 e. The lowest BCUT2D eigenvalue weighted by Gasteiger charge is -2.43. The Kier molecular flexibility index (Phi) is 5.33. The molecule has 2 aromatic carbocycles. The minimum absolute atomic E-state index is 0.0804. The number of carbonyl (C=O) groups is 2. The monoisotopic (exact) mass is 406 g/mol. The quantitative estimate of drug-likeness (QED) is 0.669. The number of benzene rings is 2. The van der Waals surface area contributed by atoms with Crippen molar-refractivity contribution in [1.29, 1.82) is 0 Å². The summed E-state index contributed by atoms with van der Waals surface area (Å²) in [6.45, 7) is 0.193. The highest BCUT2D eigenvalue weighted by molar-refractivity contribution is 5.98. The number of aromatic nitrogens is 3. The van der Waals surface area contributed by atoms with Crippen LogP contribution < -0.4 is 0 Å². The van der Waals surface area contributed by atoms with Gasteiger partial charge in [0, 0.05) is 13.1 Å². The molecule has 1 amide bonds. The Hall–Kier alpha value is -3.52. The first-order valence-electron chi connectivity index (χ1n) is 9.70. The number of hydrogen-bond acceptors (Lipinski definition) is 5. The van der Waals surface area contributed by atoms with Gasteiger partial charge in [-0.25, -0.2) is 9.67 Å². The van der Waals surface area contributed by atoms with Crippen molar-refractivity contribution in [3.63, 3.8) is 0 Å². The highest BCUT2D eigenvalue weighted by Crippen LogP contribution is 2.35. The number of aliphatic carboxylic acids is 1. The third-order valence-electron chi connectivity index (χ3n) is 5.66. The molecule has 0 saturated carbocycles. The van der Waals surface area contributed by atoms with E-state index in [2.05, 4.69) is 10.1 Å². The maximum absolute atomic E-state index is 13.4. The number of aliphatic hydroxyl groups is 1. The van der Waals surface area contributed by atoms with Crippen LogP contribution in [-0.2, 0) is 11.2 Å². The van der Waals surface area contributed by atoms with Gasteiger partial charge < -0.3 is 15.1 Å². The molecule has 0 bridgehead atoms. The zero-order valence-corrected chi connectivity index (χ0v) is 16.3. The maximum Gasteiger partial charge on any atom is 0.314 e. The molecule has 8 nitrogen and oxygen atoms in total. The summed E-state index contributed by atoms with van der Waals surface area (Å²) in [6.07, 6.45) is 2.16. The van der Waals surface area contributed by atoms with Gasteiger partial charge in [0.15, 0.2) is 0 Å². The average Bonchev–Trinajstić information content (AvgIpc) is 3.30. The van der Waals surface area contributed by atoms with E-state index < -0.39 is 17.5 Å². The summed E-state index contributed by atoms with van der Waals surface area (Å²) in [5, 5.41) is 24.9. The number of amides is 1. The van der Waals surface area contributed by atoms with Gasteiger partial charge in [0.2, 0.25) is 0 Å². The lowest BCUT2D eigenvalue weighted by atomic mass is 9.72. The van der Waals surface area contributed by atoms with Crippen molar-refractivity contribution >= 4 is 11.9 Å². The number of hydrogen-bond donors (Lipinski definition) is 2. The van der Waals surface area contributed by atoms with Gasteiger partial charge in [-0.3, -0.25) is 9.59 Å². The molecule has 1 aliphatic heterocycles.